The van der Waals surface area contributed by atoms with E-state index in [2.05, 4.69) is 26.2 Å². The van der Waals surface area contributed by atoms with E-state index in [4.69, 9.17) is 4.74 Å². The van der Waals surface area contributed by atoms with Gasteiger partial charge in [-0.05, 0) is 73.8 Å². The smallest absolute Gasteiger partial charge is 0.224 e. The summed E-state index contributed by atoms with van der Waals surface area (Å²) in [5.74, 6) is 1.96. The topological polar surface area (TPSA) is 94.0 Å². The summed E-state index contributed by atoms with van der Waals surface area (Å²) in [6.07, 6.45) is 3.77. The maximum absolute atomic E-state index is 12.3. The lowest BCUT2D eigenvalue weighted by Gasteiger charge is -2.22. The third-order valence-corrected chi connectivity index (χ3v) is 4.55. The van der Waals surface area contributed by atoms with E-state index in [1.165, 1.54) is 0 Å². The Labute approximate surface area is 146 Å². The van der Waals surface area contributed by atoms with Gasteiger partial charge in [0.1, 0.15) is 11.4 Å². The molecule has 2 N–H and O–H groups in total. The molecule has 25 heavy (non-hydrogen) atoms. The molecule has 8 nitrogen and oxygen atoms in total. The van der Waals surface area contributed by atoms with Crippen LogP contribution in [0.25, 0.3) is 5.69 Å². The fourth-order valence-corrected chi connectivity index (χ4v) is 3.12. The molecule has 0 bridgehead atoms. The molecule has 1 aliphatic rings. The Morgan fingerprint density at radius 1 is 1.40 bits per heavy atom. The molecule has 0 atom stereocenters. The van der Waals surface area contributed by atoms with E-state index in [1.54, 1.807) is 17.9 Å². The summed E-state index contributed by atoms with van der Waals surface area (Å²) >= 11 is 0. The standard InChI is InChI=1S/C17H24N6O2/c1-12-20-21-22-23(12)15-11-14(4-5-16(15)25-2)19-17(24)6-3-13-7-9-18-10-8-13/h4-5,11,13,18H,3,6-10H2,1-2H3,(H,19,24). The zero-order valence-electron chi connectivity index (χ0n) is 14.7. The molecule has 0 unspecified atom stereocenters. The van der Waals surface area contributed by atoms with Crippen LogP contribution < -0.4 is 15.4 Å². The van der Waals surface area contributed by atoms with Crippen molar-refractivity contribution in [3.05, 3.63) is 24.0 Å². The number of amides is 1. The normalized spacial score (nSPS) is 15.1. The third kappa shape index (κ3) is 4.33. The van der Waals surface area contributed by atoms with Crippen LogP contribution in [0.3, 0.4) is 0 Å². The number of aromatic nitrogens is 4. The summed E-state index contributed by atoms with van der Waals surface area (Å²) in [4.78, 5) is 12.3. The summed E-state index contributed by atoms with van der Waals surface area (Å²) in [5, 5.41) is 17.8. The molecule has 1 saturated heterocycles. The van der Waals surface area contributed by atoms with Gasteiger partial charge in [-0.15, -0.1) is 5.10 Å². The van der Waals surface area contributed by atoms with Gasteiger partial charge in [-0.2, -0.15) is 4.68 Å². The minimum absolute atomic E-state index is 0.0306. The van der Waals surface area contributed by atoms with Gasteiger partial charge in [0.15, 0.2) is 5.82 Å². The number of aryl methyl sites for hydroxylation is 1. The average molecular weight is 344 g/mol. The first-order valence-electron chi connectivity index (χ1n) is 8.61. The van der Waals surface area contributed by atoms with E-state index >= 15 is 0 Å². The largest absolute Gasteiger partial charge is 0.494 e. The number of piperidine rings is 1. The van der Waals surface area contributed by atoms with Crippen molar-refractivity contribution in [3.8, 4) is 11.4 Å². The molecule has 1 fully saturated rings. The number of hydrogen-bond donors (Lipinski definition) is 2. The molecule has 2 heterocycles. The Morgan fingerprint density at radius 3 is 2.88 bits per heavy atom. The van der Waals surface area contributed by atoms with E-state index < -0.39 is 0 Å². The summed E-state index contributed by atoms with van der Waals surface area (Å²) in [7, 11) is 1.59. The first kappa shape index (κ1) is 17.3. The van der Waals surface area contributed by atoms with Crippen molar-refractivity contribution in [3.63, 3.8) is 0 Å². The lowest BCUT2D eigenvalue weighted by atomic mass is 9.93. The molecule has 0 aliphatic carbocycles. The first-order chi connectivity index (χ1) is 12.2. The van der Waals surface area contributed by atoms with Gasteiger partial charge in [-0.3, -0.25) is 4.79 Å². The summed E-state index contributed by atoms with van der Waals surface area (Å²) < 4.78 is 6.96. The van der Waals surface area contributed by atoms with E-state index in [9.17, 15) is 4.79 Å². The monoisotopic (exact) mass is 344 g/mol. The molecular formula is C17H24N6O2. The number of nitrogens with zero attached hydrogens (tertiary/aromatic N) is 4. The number of anilines is 1. The van der Waals surface area contributed by atoms with Crippen LogP contribution in [0.4, 0.5) is 5.69 Å². The summed E-state index contributed by atoms with van der Waals surface area (Å²) in [5.41, 5.74) is 1.40. The zero-order chi connectivity index (χ0) is 17.6. The maximum Gasteiger partial charge on any atom is 0.224 e. The van der Waals surface area contributed by atoms with Gasteiger partial charge in [0.2, 0.25) is 5.91 Å². The number of methoxy groups -OCH3 is 1. The third-order valence-electron chi connectivity index (χ3n) is 4.55. The SMILES string of the molecule is COc1ccc(NC(=O)CCC2CCNCC2)cc1-n1nnnc1C. The highest BCUT2D eigenvalue weighted by Gasteiger charge is 2.16. The average Bonchev–Trinajstić information content (AvgIpc) is 3.06. The number of hydrogen-bond acceptors (Lipinski definition) is 6. The van der Waals surface area contributed by atoms with Crippen molar-refractivity contribution in [1.29, 1.82) is 0 Å². The second-order valence-electron chi connectivity index (χ2n) is 6.30. The van der Waals surface area contributed by atoms with E-state index in [-0.39, 0.29) is 5.91 Å². The van der Waals surface area contributed by atoms with Crippen LogP contribution in [0, 0.1) is 12.8 Å². The van der Waals surface area contributed by atoms with Crippen LogP contribution in [0.1, 0.15) is 31.5 Å². The highest BCUT2D eigenvalue weighted by Crippen LogP contribution is 2.26. The number of benzene rings is 1. The van der Waals surface area contributed by atoms with Crippen molar-refractivity contribution >= 4 is 11.6 Å². The van der Waals surface area contributed by atoms with Gasteiger partial charge >= 0.3 is 0 Å². The van der Waals surface area contributed by atoms with Crippen LogP contribution in [-0.4, -0.2) is 46.3 Å². The zero-order valence-corrected chi connectivity index (χ0v) is 14.7. The molecular weight excluding hydrogens is 320 g/mol. The fourth-order valence-electron chi connectivity index (χ4n) is 3.12. The molecule has 1 amide bonds. The Morgan fingerprint density at radius 2 is 2.20 bits per heavy atom. The number of rotatable bonds is 6. The van der Waals surface area contributed by atoms with Crippen molar-refractivity contribution in [2.24, 2.45) is 5.92 Å². The highest BCUT2D eigenvalue weighted by atomic mass is 16.5. The molecule has 0 saturated carbocycles. The molecule has 134 valence electrons. The van der Waals surface area contributed by atoms with Gasteiger partial charge in [0.25, 0.3) is 0 Å². The van der Waals surface area contributed by atoms with Crippen LogP contribution >= 0.6 is 0 Å². The molecule has 8 heteroatoms. The Kier molecular flexibility index (Phi) is 5.60. The predicted molar refractivity (Wildman–Crippen MR) is 93.9 cm³/mol. The van der Waals surface area contributed by atoms with Crippen LogP contribution in [-0.2, 0) is 4.79 Å². The molecule has 0 spiro atoms. The summed E-state index contributed by atoms with van der Waals surface area (Å²) in [6, 6.07) is 5.45. The van der Waals surface area contributed by atoms with E-state index in [0.717, 1.165) is 32.4 Å². The van der Waals surface area contributed by atoms with Crippen molar-refractivity contribution in [2.45, 2.75) is 32.6 Å². The van der Waals surface area contributed by atoms with Crippen LogP contribution in [0.15, 0.2) is 18.2 Å². The predicted octanol–water partition coefficient (Wildman–Crippen LogP) is 1.70. The highest BCUT2D eigenvalue weighted by molar-refractivity contribution is 5.91. The van der Waals surface area contributed by atoms with Crippen molar-refractivity contribution in [1.82, 2.24) is 25.5 Å². The minimum Gasteiger partial charge on any atom is -0.494 e. The Balaban J connectivity index is 1.66. The van der Waals surface area contributed by atoms with E-state index in [0.29, 0.717) is 35.3 Å². The van der Waals surface area contributed by atoms with E-state index in [1.807, 2.05) is 19.1 Å². The van der Waals surface area contributed by atoms with Gasteiger partial charge in [-0.25, -0.2) is 0 Å². The molecule has 1 aromatic heterocycles. The summed E-state index contributed by atoms with van der Waals surface area (Å²) in [6.45, 7) is 3.92. The van der Waals surface area contributed by atoms with Gasteiger partial charge in [0.05, 0.1) is 7.11 Å². The molecule has 3 rings (SSSR count). The molecule has 1 aromatic carbocycles. The minimum atomic E-state index is 0.0306. The van der Waals surface area contributed by atoms with Crippen molar-refractivity contribution < 1.29 is 9.53 Å². The van der Waals surface area contributed by atoms with Gasteiger partial charge in [-0.1, -0.05) is 0 Å². The van der Waals surface area contributed by atoms with Crippen LogP contribution in [0.5, 0.6) is 5.75 Å². The maximum atomic E-state index is 12.3. The van der Waals surface area contributed by atoms with Crippen molar-refractivity contribution in [2.75, 3.05) is 25.5 Å². The number of carbonyl (C=O) groups excluding carboxylic acids is 1. The number of ether oxygens (including phenoxy) is 1. The fraction of sp³-hybridized carbons (Fsp3) is 0.529. The second-order valence-corrected chi connectivity index (χ2v) is 6.30. The molecule has 1 aliphatic heterocycles. The van der Waals surface area contributed by atoms with Crippen LogP contribution in [0.2, 0.25) is 0 Å². The Hall–Kier alpha value is -2.48. The number of nitrogens with one attached hydrogen (secondary N) is 2. The number of tetrazole rings is 1. The second kappa shape index (κ2) is 8.06. The molecule has 2 aromatic rings. The molecule has 0 radical (unpaired) electrons. The Bertz CT molecular complexity index is 724. The quantitative estimate of drug-likeness (QED) is 0.828. The van der Waals surface area contributed by atoms with Gasteiger partial charge < -0.3 is 15.4 Å². The number of carbonyl (C=O) groups is 1. The van der Waals surface area contributed by atoms with Gasteiger partial charge in [0, 0.05) is 12.1 Å². The lowest BCUT2D eigenvalue weighted by Crippen LogP contribution is -2.28. The lowest BCUT2D eigenvalue weighted by molar-refractivity contribution is -0.116. The first-order valence-corrected chi connectivity index (χ1v) is 8.61.